The first-order valence-corrected chi connectivity index (χ1v) is 7.92. The number of amides is 1. The molecule has 11 nitrogen and oxygen atoms in total. The number of carbonyl (C=O) groups excluding carboxylic acids is 1. The summed E-state index contributed by atoms with van der Waals surface area (Å²) in [7, 11) is -5.26. The maximum atomic E-state index is 11.3. The van der Waals surface area contributed by atoms with Crippen molar-refractivity contribution in [1.82, 2.24) is 5.32 Å². The van der Waals surface area contributed by atoms with Crippen LogP contribution in [-0.4, -0.2) is 83.8 Å². The van der Waals surface area contributed by atoms with E-state index in [0.29, 0.717) is 0 Å². The standard InChI is InChI=1S/C10H20NO10P/c1-4(13)11-7-5(14)2-10(17,22(18,19)20)21-9(7)8(16)6(15)3-12/h5-9,12,14-17H,2-3H2,1H3,(H,11,13)(H2,18,19,20)/t5-,6+,7+,8+,9+,10-/m0/s1. The first kappa shape index (κ1) is 19.4. The molecule has 0 unspecified atom stereocenters. The maximum absolute atomic E-state index is 11.3. The van der Waals surface area contributed by atoms with Crippen LogP contribution in [0.15, 0.2) is 0 Å². The van der Waals surface area contributed by atoms with E-state index in [1.165, 1.54) is 0 Å². The number of nitrogens with one attached hydrogen (secondary N) is 1. The van der Waals surface area contributed by atoms with Crippen LogP contribution in [0.4, 0.5) is 0 Å². The van der Waals surface area contributed by atoms with Crippen LogP contribution in [0, 0.1) is 0 Å². The predicted octanol–water partition coefficient (Wildman–Crippen LogP) is -3.82. The van der Waals surface area contributed by atoms with Gasteiger partial charge in [0.2, 0.25) is 5.91 Å². The van der Waals surface area contributed by atoms with Gasteiger partial charge in [0, 0.05) is 13.3 Å². The molecule has 1 saturated heterocycles. The first-order valence-electron chi connectivity index (χ1n) is 6.31. The molecule has 1 rings (SSSR count). The van der Waals surface area contributed by atoms with Gasteiger partial charge in [-0.25, -0.2) is 0 Å². The van der Waals surface area contributed by atoms with Crippen molar-refractivity contribution < 1.29 is 49.4 Å². The fourth-order valence-corrected chi connectivity index (χ4v) is 2.85. The average molecular weight is 345 g/mol. The largest absolute Gasteiger partial charge is 0.394 e. The number of rotatable bonds is 5. The highest BCUT2D eigenvalue weighted by Crippen LogP contribution is 2.54. The second-order valence-corrected chi connectivity index (χ2v) is 6.89. The summed E-state index contributed by atoms with van der Waals surface area (Å²) in [5.74, 6) is -0.648. The Morgan fingerprint density at radius 3 is 2.41 bits per heavy atom. The predicted molar refractivity (Wildman–Crippen MR) is 69.2 cm³/mol. The Labute approximate surface area is 125 Å². The van der Waals surface area contributed by atoms with Crippen molar-refractivity contribution in [2.75, 3.05) is 6.61 Å². The molecule has 0 saturated carbocycles. The first-order chi connectivity index (χ1) is 9.93. The van der Waals surface area contributed by atoms with Gasteiger partial charge in [-0.2, -0.15) is 0 Å². The van der Waals surface area contributed by atoms with E-state index >= 15 is 0 Å². The molecule has 6 atom stereocenters. The van der Waals surface area contributed by atoms with E-state index in [-0.39, 0.29) is 0 Å². The molecule has 1 aliphatic rings. The summed E-state index contributed by atoms with van der Waals surface area (Å²) in [6.07, 6.45) is -8.10. The number of ether oxygens (including phenoxy) is 1. The molecule has 1 fully saturated rings. The Balaban J connectivity index is 3.15. The summed E-state index contributed by atoms with van der Waals surface area (Å²) in [6, 6.07) is -1.36. The minimum absolute atomic E-state index is 0.648. The smallest absolute Gasteiger partial charge is 0.384 e. The van der Waals surface area contributed by atoms with Crippen LogP contribution in [0.25, 0.3) is 0 Å². The fraction of sp³-hybridized carbons (Fsp3) is 0.900. The van der Waals surface area contributed by atoms with E-state index in [0.717, 1.165) is 6.92 Å². The highest BCUT2D eigenvalue weighted by Gasteiger charge is 2.58. The lowest BCUT2D eigenvalue weighted by Crippen LogP contribution is -2.65. The summed E-state index contributed by atoms with van der Waals surface area (Å²) < 4.78 is 16.1. The summed E-state index contributed by atoms with van der Waals surface area (Å²) in [6.45, 7) is 0.167. The van der Waals surface area contributed by atoms with Crippen LogP contribution in [0.1, 0.15) is 13.3 Å². The van der Waals surface area contributed by atoms with Crippen LogP contribution in [0.3, 0.4) is 0 Å². The fourth-order valence-electron chi connectivity index (χ4n) is 2.17. The van der Waals surface area contributed by atoms with Crippen molar-refractivity contribution in [3.63, 3.8) is 0 Å². The molecular formula is C10H20NO10P. The number of aliphatic hydroxyl groups excluding tert-OH is 4. The Morgan fingerprint density at radius 2 is 2.00 bits per heavy atom. The molecule has 8 N–H and O–H groups in total. The minimum Gasteiger partial charge on any atom is -0.394 e. The van der Waals surface area contributed by atoms with Crippen LogP contribution in [-0.2, 0) is 14.1 Å². The zero-order chi connectivity index (χ0) is 17.3. The van der Waals surface area contributed by atoms with Crippen molar-refractivity contribution in [3.05, 3.63) is 0 Å². The van der Waals surface area contributed by atoms with Crippen molar-refractivity contribution in [2.24, 2.45) is 0 Å². The van der Waals surface area contributed by atoms with Crippen molar-refractivity contribution in [3.8, 4) is 0 Å². The zero-order valence-corrected chi connectivity index (χ0v) is 12.5. The molecule has 0 radical (unpaired) electrons. The second kappa shape index (κ2) is 6.87. The summed E-state index contributed by atoms with van der Waals surface area (Å²) in [5, 5.41) is 50.2. The molecule has 1 aliphatic heterocycles. The Kier molecular flexibility index (Phi) is 6.07. The molecule has 0 aliphatic carbocycles. The third-order valence-electron chi connectivity index (χ3n) is 3.31. The lowest BCUT2D eigenvalue weighted by Gasteiger charge is -2.46. The molecule has 22 heavy (non-hydrogen) atoms. The van der Waals surface area contributed by atoms with Gasteiger partial charge in [0.25, 0.3) is 5.53 Å². The average Bonchev–Trinajstić information content (AvgIpc) is 2.38. The highest BCUT2D eigenvalue weighted by atomic mass is 31.2. The summed E-state index contributed by atoms with van der Waals surface area (Å²) >= 11 is 0. The van der Waals surface area contributed by atoms with Crippen molar-refractivity contribution in [2.45, 2.75) is 49.3 Å². The van der Waals surface area contributed by atoms with Gasteiger partial charge in [0.1, 0.15) is 18.3 Å². The second-order valence-electron chi connectivity index (χ2n) is 5.11. The number of carbonyl (C=O) groups is 1. The number of hydrogen-bond donors (Lipinski definition) is 8. The van der Waals surface area contributed by atoms with Crippen LogP contribution >= 0.6 is 7.60 Å². The van der Waals surface area contributed by atoms with Gasteiger partial charge in [-0.15, -0.1) is 0 Å². The van der Waals surface area contributed by atoms with E-state index in [1.807, 2.05) is 0 Å². The molecular weight excluding hydrogens is 325 g/mol. The van der Waals surface area contributed by atoms with Gasteiger partial charge in [-0.1, -0.05) is 0 Å². The van der Waals surface area contributed by atoms with Gasteiger partial charge >= 0.3 is 7.60 Å². The van der Waals surface area contributed by atoms with Crippen LogP contribution in [0.2, 0.25) is 0 Å². The topological polar surface area (TPSA) is 197 Å². The summed E-state index contributed by atoms with van der Waals surface area (Å²) in [5.41, 5.74) is -3.10. The number of aliphatic hydroxyl groups is 5. The molecule has 0 spiro atoms. The van der Waals surface area contributed by atoms with E-state index in [2.05, 4.69) is 5.32 Å². The SMILES string of the molecule is CC(=O)N[C@H]1[C@H]([C@H](O)[C@H](O)CO)O[C@](O)(P(=O)(O)O)C[C@@H]1O. The van der Waals surface area contributed by atoms with Gasteiger partial charge < -0.3 is 45.4 Å². The Bertz CT molecular complexity index is 455. The van der Waals surface area contributed by atoms with Crippen molar-refractivity contribution in [1.29, 1.82) is 0 Å². The number of hydrogen-bond acceptors (Lipinski definition) is 8. The maximum Gasteiger partial charge on any atom is 0.384 e. The third kappa shape index (κ3) is 4.02. The highest BCUT2D eigenvalue weighted by molar-refractivity contribution is 7.53. The van der Waals surface area contributed by atoms with Crippen LogP contribution < -0.4 is 5.32 Å². The van der Waals surface area contributed by atoms with E-state index in [1.54, 1.807) is 0 Å². The molecule has 130 valence electrons. The zero-order valence-electron chi connectivity index (χ0n) is 11.6. The molecule has 1 amide bonds. The lowest BCUT2D eigenvalue weighted by atomic mass is 9.92. The Morgan fingerprint density at radius 1 is 1.45 bits per heavy atom. The lowest BCUT2D eigenvalue weighted by molar-refractivity contribution is -0.266. The normalized spacial score (nSPS) is 35.7. The quantitative estimate of drug-likeness (QED) is 0.228. The van der Waals surface area contributed by atoms with E-state index in [9.17, 15) is 29.8 Å². The van der Waals surface area contributed by atoms with E-state index < -0.39 is 62.5 Å². The molecule has 1 heterocycles. The van der Waals surface area contributed by atoms with Gasteiger partial charge in [-0.3, -0.25) is 9.36 Å². The van der Waals surface area contributed by atoms with E-state index in [4.69, 9.17) is 19.6 Å². The van der Waals surface area contributed by atoms with Crippen LogP contribution in [0.5, 0.6) is 0 Å². The molecule has 0 aromatic heterocycles. The monoisotopic (exact) mass is 345 g/mol. The minimum atomic E-state index is -5.26. The summed E-state index contributed by atoms with van der Waals surface area (Å²) in [4.78, 5) is 29.4. The molecule has 0 aromatic rings. The van der Waals surface area contributed by atoms with Crippen molar-refractivity contribution >= 4 is 13.5 Å². The Hall–Kier alpha value is -0.620. The third-order valence-corrected chi connectivity index (χ3v) is 4.51. The van der Waals surface area contributed by atoms with Gasteiger partial charge in [-0.05, 0) is 0 Å². The molecule has 0 aromatic carbocycles. The molecule has 12 heteroatoms. The van der Waals surface area contributed by atoms with Gasteiger partial charge in [0.15, 0.2) is 0 Å². The molecule has 0 bridgehead atoms. The van der Waals surface area contributed by atoms with Gasteiger partial charge in [0.05, 0.1) is 18.8 Å².